The number of hydrogen-bond donors (Lipinski definition) is 1. The second-order valence-electron chi connectivity index (χ2n) is 9.06. The molecule has 1 heterocycles. The smallest absolute Gasteiger partial charge is 0.227 e. The van der Waals surface area contributed by atoms with E-state index in [2.05, 4.69) is 17.2 Å². The number of sulfone groups is 1. The van der Waals surface area contributed by atoms with Crippen molar-refractivity contribution in [2.75, 3.05) is 11.6 Å². The van der Waals surface area contributed by atoms with Crippen LogP contribution in [0.2, 0.25) is 0 Å². The molecule has 0 spiro atoms. The van der Waals surface area contributed by atoms with Gasteiger partial charge in [0.1, 0.15) is 0 Å². The Morgan fingerprint density at radius 1 is 1.28 bits per heavy atom. The number of carbonyl (C=O) groups is 1. The summed E-state index contributed by atoms with van der Waals surface area (Å²) in [5.74, 6) is 1.38. The van der Waals surface area contributed by atoms with Gasteiger partial charge in [-0.1, -0.05) is 50.7 Å². The largest absolute Gasteiger partial charge is 0.302 e. The first kappa shape index (κ1) is 20.8. The average Bonchev–Trinajstić information content (AvgIpc) is 3.15. The first-order valence-corrected chi connectivity index (χ1v) is 13.4. The standard InChI is InChI=1S/C22H30N2O3S2/c1-15-12-17(29(2,26)27)8-9-18(15)22(13-19(22)16-6-4-3-5-7-16)14-20(25)24-21-23-10-11-28-21/h8-11,15-16,19H,3-7,12-14H2,1-2H3,(H,23,24,25)/t15?,19-,22-/m0/s1. The summed E-state index contributed by atoms with van der Waals surface area (Å²) in [6, 6.07) is 0. The molecule has 29 heavy (non-hydrogen) atoms. The first-order chi connectivity index (χ1) is 13.8. The van der Waals surface area contributed by atoms with E-state index < -0.39 is 9.84 Å². The Labute approximate surface area is 177 Å². The minimum atomic E-state index is -3.17. The predicted molar refractivity (Wildman–Crippen MR) is 117 cm³/mol. The van der Waals surface area contributed by atoms with E-state index in [1.807, 2.05) is 11.5 Å². The predicted octanol–water partition coefficient (Wildman–Crippen LogP) is 4.95. The molecule has 1 unspecified atom stereocenters. The highest BCUT2D eigenvalue weighted by Gasteiger charge is 2.60. The Balaban J connectivity index is 1.60. The minimum Gasteiger partial charge on any atom is -0.302 e. The molecule has 7 heteroatoms. The highest BCUT2D eigenvalue weighted by Crippen LogP contribution is 2.67. The van der Waals surface area contributed by atoms with Crippen LogP contribution in [0.1, 0.15) is 58.3 Å². The second-order valence-corrected chi connectivity index (χ2v) is 12.0. The van der Waals surface area contributed by atoms with E-state index >= 15 is 0 Å². The summed E-state index contributed by atoms with van der Waals surface area (Å²) >= 11 is 1.43. The molecular weight excluding hydrogens is 404 g/mol. The summed E-state index contributed by atoms with van der Waals surface area (Å²) < 4.78 is 24.0. The SMILES string of the molecule is CC1CC(S(C)(=O)=O)=CC=C1[C@@]1(CC(=O)Nc2nccs2)C[C@H]1C1CCCCC1. The Bertz CT molecular complexity index is 927. The van der Waals surface area contributed by atoms with Crippen molar-refractivity contribution in [3.8, 4) is 0 Å². The first-order valence-electron chi connectivity index (χ1n) is 10.6. The molecule has 1 N–H and O–H groups in total. The maximum atomic E-state index is 12.9. The summed E-state index contributed by atoms with van der Waals surface area (Å²) in [6.45, 7) is 2.11. The molecule has 3 aliphatic rings. The van der Waals surface area contributed by atoms with Gasteiger partial charge in [0, 0.05) is 34.6 Å². The van der Waals surface area contributed by atoms with Crippen LogP contribution in [0.25, 0.3) is 0 Å². The number of anilines is 1. The lowest BCUT2D eigenvalue weighted by atomic mass is 9.74. The van der Waals surface area contributed by atoms with Crippen LogP contribution in [0, 0.1) is 23.2 Å². The lowest BCUT2D eigenvalue weighted by Crippen LogP contribution is -2.26. The van der Waals surface area contributed by atoms with Gasteiger partial charge in [-0.25, -0.2) is 13.4 Å². The van der Waals surface area contributed by atoms with E-state index in [0.717, 1.165) is 6.42 Å². The van der Waals surface area contributed by atoms with Crippen LogP contribution in [-0.2, 0) is 14.6 Å². The van der Waals surface area contributed by atoms with Crippen molar-refractivity contribution in [2.24, 2.45) is 23.2 Å². The fourth-order valence-electron chi connectivity index (χ4n) is 5.62. The summed E-state index contributed by atoms with van der Waals surface area (Å²) in [7, 11) is -3.17. The Morgan fingerprint density at radius 2 is 2.03 bits per heavy atom. The Morgan fingerprint density at radius 3 is 2.66 bits per heavy atom. The van der Waals surface area contributed by atoms with Gasteiger partial charge < -0.3 is 5.32 Å². The quantitative estimate of drug-likeness (QED) is 0.687. The Kier molecular flexibility index (Phi) is 5.73. The van der Waals surface area contributed by atoms with E-state index in [9.17, 15) is 13.2 Å². The molecule has 158 valence electrons. The molecule has 0 saturated heterocycles. The molecule has 3 aliphatic carbocycles. The molecule has 0 radical (unpaired) electrons. The zero-order chi connectivity index (χ0) is 20.6. The van der Waals surface area contributed by atoms with Crippen molar-refractivity contribution in [1.82, 2.24) is 4.98 Å². The summed E-state index contributed by atoms with van der Waals surface area (Å²) in [6.07, 6.45) is 15.2. The third-order valence-corrected chi connectivity index (χ3v) is 8.99. The number of amides is 1. The van der Waals surface area contributed by atoms with Crippen molar-refractivity contribution in [1.29, 1.82) is 0 Å². The second kappa shape index (κ2) is 7.99. The minimum absolute atomic E-state index is 0.0178. The number of allylic oxidation sites excluding steroid dienone is 4. The number of rotatable bonds is 6. The monoisotopic (exact) mass is 434 g/mol. The van der Waals surface area contributed by atoms with Gasteiger partial charge in [0.05, 0.1) is 0 Å². The molecule has 4 rings (SSSR count). The van der Waals surface area contributed by atoms with Gasteiger partial charge in [-0.3, -0.25) is 4.79 Å². The van der Waals surface area contributed by atoms with Crippen LogP contribution in [0.3, 0.4) is 0 Å². The van der Waals surface area contributed by atoms with Gasteiger partial charge >= 0.3 is 0 Å². The van der Waals surface area contributed by atoms with Crippen molar-refractivity contribution in [3.63, 3.8) is 0 Å². The molecule has 1 amide bonds. The molecule has 2 fully saturated rings. The maximum absolute atomic E-state index is 12.9. The van der Waals surface area contributed by atoms with Gasteiger partial charge in [-0.2, -0.15) is 0 Å². The number of thiazole rings is 1. The van der Waals surface area contributed by atoms with E-state index in [1.165, 1.54) is 55.3 Å². The molecule has 3 atom stereocenters. The molecule has 0 aromatic carbocycles. The van der Waals surface area contributed by atoms with Crippen molar-refractivity contribution < 1.29 is 13.2 Å². The topological polar surface area (TPSA) is 76.1 Å². The number of nitrogens with zero attached hydrogens (tertiary/aromatic N) is 1. The molecule has 1 aromatic rings. The summed E-state index contributed by atoms with van der Waals surface area (Å²) in [5, 5.41) is 5.46. The molecule has 5 nitrogen and oxygen atoms in total. The van der Waals surface area contributed by atoms with E-state index in [-0.39, 0.29) is 17.2 Å². The molecule has 2 saturated carbocycles. The molecule has 1 aromatic heterocycles. The normalized spacial score (nSPS) is 30.4. The molecular formula is C22H30N2O3S2. The van der Waals surface area contributed by atoms with Crippen LogP contribution in [0.15, 0.2) is 34.2 Å². The lowest BCUT2D eigenvalue weighted by molar-refractivity contribution is -0.117. The van der Waals surface area contributed by atoms with Crippen LogP contribution >= 0.6 is 11.3 Å². The zero-order valence-electron chi connectivity index (χ0n) is 17.2. The fraction of sp³-hybridized carbons (Fsp3) is 0.636. The van der Waals surface area contributed by atoms with Gasteiger partial charge in [0.2, 0.25) is 5.91 Å². The van der Waals surface area contributed by atoms with Gasteiger partial charge in [-0.05, 0) is 36.7 Å². The Hall–Kier alpha value is -1.47. The van der Waals surface area contributed by atoms with Crippen LogP contribution in [0.5, 0.6) is 0 Å². The molecule has 0 aliphatic heterocycles. The van der Waals surface area contributed by atoms with Crippen LogP contribution in [0.4, 0.5) is 5.13 Å². The fourth-order valence-corrected chi connectivity index (χ4v) is 7.03. The van der Waals surface area contributed by atoms with Crippen LogP contribution < -0.4 is 5.32 Å². The van der Waals surface area contributed by atoms with Crippen molar-refractivity contribution in [3.05, 3.63) is 34.2 Å². The van der Waals surface area contributed by atoms with Crippen molar-refractivity contribution in [2.45, 2.75) is 58.3 Å². The maximum Gasteiger partial charge on any atom is 0.227 e. The van der Waals surface area contributed by atoms with Gasteiger partial charge in [0.25, 0.3) is 0 Å². The number of hydrogen-bond acceptors (Lipinski definition) is 5. The number of carbonyl (C=O) groups excluding carboxylic acids is 1. The van der Waals surface area contributed by atoms with Crippen molar-refractivity contribution >= 4 is 32.2 Å². The zero-order valence-corrected chi connectivity index (χ0v) is 18.8. The number of nitrogens with one attached hydrogen (secondary N) is 1. The third-order valence-electron chi connectivity index (χ3n) is 7.05. The van der Waals surface area contributed by atoms with Gasteiger partial charge in [-0.15, -0.1) is 11.3 Å². The molecule has 0 bridgehead atoms. The highest BCUT2D eigenvalue weighted by atomic mass is 32.2. The van der Waals surface area contributed by atoms with E-state index in [4.69, 9.17) is 0 Å². The summed E-state index contributed by atoms with van der Waals surface area (Å²) in [4.78, 5) is 17.6. The summed E-state index contributed by atoms with van der Waals surface area (Å²) in [5.41, 5.74) is 1.15. The highest BCUT2D eigenvalue weighted by molar-refractivity contribution is 7.94. The van der Waals surface area contributed by atoms with E-state index in [1.54, 1.807) is 12.3 Å². The average molecular weight is 435 g/mol. The van der Waals surface area contributed by atoms with Gasteiger partial charge in [0.15, 0.2) is 15.0 Å². The van der Waals surface area contributed by atoms with Crippen LogP contribution in [-0.4, -0.2) is 25.6 Å². The third kappa shape index (κ3) is 4.36. The van der Waals surface area contributed by atoms with E-state index in [0.29, 0.717) is 34.7 Å². The number of aromatic nitrogens is 1. The lowest BCUT2D eigenvalue weighted by Gasteiger charge is -2.32.